The van der Waals surface area contributed by atoms with E-state index in [0.717, 1.165) is 0 Å². The first-order valence-electron chi connectivity index (χ1n) is 5.16. The monoisotopic (exact) mass is 246 g/mol. The highest BCUT2D eigenvalue weighted by Crippen LogP contribution is 2.24. The zero-order chi connectivity index (χ0) is 13.1. The number of H-pyrrole nitrogens is 1. The third kappa shape index (κ3) is 2.37. The Bertz CT molecular complexity index is 649. The van der Waals surface area contributed by atoms with Gasteiger partial charge < -0.3 is 15.2 Å². The van der Waals surface area contributed by atoms with Crippen LogP contribution in [0.15, 0.2) is 35.3 Å². The van der Waals surface area contributed by atoms with Crippen molar-refractivity contribution >= 4 is 5.97 Å². The van der Waals surface area contributed by atoms with E-state index < -0.39 is 11.5 Å². The summed E-state index contributed by atoms with van der Waals surface area (Å²) in [6.07, 6.45) is 0.818. The Morgan fingerprint density at radius 3 is 2.67 bits per heavy atom. The second-order valence-electron chi connectivity index (χ2n) is 3.67. The van der Waals surface area contributed by atoms with Crippen molar-refractivity contribution < 1.29 is 15.0 Å². The number of aromatic amines is 1. The minimum atomic E-state index is -1.10. The maximum Gasteiger partial charge on any atom is 0.308 e. The second kappa shape index (κ2) is 4.70. The normalized spacial score (nSPS) is 10.2. The average Bonchev–Trinajstić information content (AvgIpc) is 2.32. The van der Waals surface area contributed by atoms with Gasteiger partial charge in [0, 0.05) is 11.8 Å². The van der Waals surface area contributed by atoms with Crippen molar-refractivity contribution in [3.63, 3.8) is 0 Å². The van der Waals surface area contributed by atoms with Gasteiger partial charge in [0.05, 0.1) is 12.0 Å². The number of rotatable bonds is 3. The van der Waals surface area contributed by atoms with Crippen LogP contribution < -0.4 is 5.56 Å². The van der Waals surface area contributed by atoms with Crippen LogP contribution in [-0.2, 0) is 11.2 Å². The smallest absolute Gasteiger partial charge is 0.308 e. The SMILES string of the molecule is O=C(O)Cc1cnc(-c2ccccc2O)[nH]c1=O. The summed E-state index contributed by atoms with van der Waals surface area (Å²) >= 11 is 0. The minimum absolute atomic E-state index is 0.00775. The molecule has 1 aromatic carbocycles. The average molecular weight is 246 g/mol. The third-order valence-corrected chi connectivity index (χ3v) is 2.37. The van der Waals surface area contributed by atoms with E-state index in [1.807, 2.05) is 0 Å². The highest BCUT2D eigenvalue weighted by molar-refractivity contribution is 5.70. The largest absolute Gasteiger partial charge is 0.507 e. The number of benzene rings is 1. The Hall–Kier alpha value is -2.63. The Labute approximate surface area is 102 Å². The molecule has 2 rings (SSSR count). The standard InChI is InChI=1S/C12H10N2O4/c15-9-4-2-1-3-8(9)11-13-6-7(5-10(16)17)12(18)14-11/h1-4,6,15H,5H2,(H,16,17)(H,13,14,18). The molecule has 92 valence electrons. The molecule has 0 saturated heterocycles. The number of carboxylic acids is 1. The molecular formula is C12H10N2O4. The van der Waals surface area contributed by atoms with E-state index in [9.17, 15) is 14.7 Å². The van der Waals surface area contributed by atoms with Crippen molar-refractivity contribution in [2.45, 2.75) is 6.42 Å². The Morgan fingerprint density at radius 1 is 1.33 bits per heavy atom. The lowest BCUT2D eigenvalue weighted by Gasteiger charge is -2.04. The van der Waals surface area contributed by atoms with Crippen molar-refractivity contribution in [3.8, 4) is 17.1 Å². The number of phenols is 1. The fourth-order valence-electron chi connectivity index (χ4n) is 1.52. The first-order valence-corrected chi connectivity index (χ1v) is 5.16. The summed E-state index contributed by atoms with van der Waals surface area (Å²) in [6, 6.07) is 6.42. The lowest BCUT2D eigenvalue weighted by Crippen LogP contribution is -2.17. The van der Waals surface area contributed by atoms with Crippen LogP contribution in [0.3, 0.4) is 0 Å². The predicted molar refractivity (Wildman–Crippen MR) is 63.3 cm³/mol. The Balaban J connectivity index is 2.44. The van der Waals surface area contributed by atoms with Gasteiger partial charge in [0.15, 0.2) is 0 Å². The molecule has 0 unspecified atom stereocenters. The van der Waals surface area contributed by atoms with Crippen LogP contribution in [0.5, 0.6) is 5.75 Å². The van der Waals surface area contributed by atoms with Crippen LogP contribution in [0.4, 0.5) is 0 Å². The van der Waals surface area contributed by atoms with E-state index in [0.29, 0.717) is 5.56 Å². The maximum absolute atomic E-state index is 11.6. The van der Waals surface area contributed by atoms with E-state index in [1.54, 1.807) is 18.2 Å². The van der Waals surface area contributed by atoms with E-state index in [4.69, 9.17) is 5.11 Å². The fraction of sp³-hybridized carbons (Fsp3) is 0.0833. The number of nitrogens with zero attached hydrogens (tertiary/aromatic N) is 1. The molecule has 0 bridgehead atoms. The lowest BCUT2D eigenvalue weighted by molar-refractivity contribution is -0.136. The molecule has 0 aliphatic carbocycles. The molecule has 0 spiro atoms. The van der Waals surface area contributed by atoms with E-state index >= 15 is 0 Å². The van der Waals surface area contributed by atoms with Crippen molar-refractivity contribution in [2.24, 2.45) is 0 Å². The van der Waals surface area contributed by atoms with Crippen LogP contribution in [0.2, 0.25) is 0 Å². The molecule has 0 aliphatic heterocycles. The van der Waals surface area contributed by atoms with Gasteiger partial charge in [0.25, 0.3) is 5.56 Å². The van der Waals surface area contributed by atoms with E-state index in [1.165, 1.54) is 12.3 Å². The fourth-order valence-corrected chi connectivity index (χ4v) is 1.52. The van der Waals surface area contributed by atoms with Gasteiger partial charge in [-0.05, 0) is 12.1 Å². The molecule has 3 N–H and O–H groups in total. The molecule has 0 saturated carbocycles. The van der Waals surface area contributed by atoms with Crippen LogP contribution >= 0.6 is 0 Å². The number of carbonyl (C=O) groups is 1. The molecule has 0 amide bonds. The molecule has 2 aromatic rings. The zero-order valence-corrected chi connectivity index (χ0v) is 9.25. The van der Waals surface area contributed by atoms with Gasteiger partial charge in [-0.1, -0.05) is 12.1 Å². The zero-order valence-electron chi connectivity index (χ0n) is 9.25. The van der Waals surface area contributed by atoms with Crippen molar-refractivity contribution in [1.82, 2.24) is 9.97 Å². The quantitative estimate of drug-likeness (QED) is 0.742. The molecule has 0 atom stereocenters. The number of aliphatic carboxylic acids is 1. The number of para-hydroxylation sites is 1. The first kappa shape index (κ1) is 11.8. The molecule has 0 aliphatic rings. The van der Waals surface area contributed by atoms with Gasteiger partial charge in [-0.15, -0.1) is 0 Å². The van der Waals surface area contributed by atoms with Crippen LogP contribution in [-0.4, -0.2) is 26.2 Å². The van der Waals surface area contributed by atoms with Gasteiger partial charge in [0.2, 0.25) is 0 Å². The number of aromatic hydroxyl groups is 1. The predicted octanol–water partition coefficient (Wildman–Crippen LogP) is 0.770. The van der Waals surface area contributed by atoms with Gasteiger partial charge in [-0.25, -0.2) is 4.98 Å². The number of aromatic nitrogens is 2. The lowest BCUT2D eigenvalue weighted by atomic mass is 10.2. The van der Waals surface area contributed by atoms with E-state index in [-0.39, 0.29) is 23.6 Å². The number of hydrogen-bond acceptors (Lipinski definition) is 4. The molecule has 1 aromatic heterocycles. The summed E-state index contributed by atoms with van der Waals surface area (Å²) in [7, 11) is 0. The first-order chi connectivity index (χ1) is 8.58. The molecule has 6 heteroatoms. The topological polar surface area (TPSA) is 103 Å². The van der Waals surface area contributed by atoms with Crippen molar-refractivity contribution in [3.05, 3.63) is 46.4 Å². The van der Waals surface area contributed by atoms with Gasteiger partial charge in [0.1, 0.15) is 11.6 Å². The third-order valence-electron chi connectivity index (χ3n) is 2.37. The number of phenolic OH excluding ortho intramolecular Hbond substituents is 1. The van der Waals surface area contributed by atoms with Crippen LogP contribution in [0.1, 0.15) is 5.56 Å². The summed E-state index contributed by atoms with van der Waals surface area (Å²) in [5.74, 6) is -0.906. The summed E-state index contributed by atoms with van der Waals surface area (Å²) in [6.45, 7) is 0. The van der Waals surface area contributed by atoms with Crippen molar-refractivity contribution in [1.29, 1.82) is 0 Å². The summed E-state index contributed by atoms with van der Waals surface area (Å²) in [5, 5.41) is 18.2. The highest BCUT2D eigenvalue weighted by Gasteiger charge is 2.10. The summed E-state index contributed by atoms with van der Waals surface area (Å²) in [4.78, 5) is 28.5. The number of carboxylic acid groups (broad SMARTS) is 1. The van der Waals surface area contributed by atoms with Crippen LogP contribution in [0.25, 0.3) is 11.4 Å². The van der Waals surface area contributed by atoms with Crippen molar-refractivity contribution in [2.75, 3.05) is 0 Å². The number of nitrogens with one attached hydrogen (secondary N) is 1. The minimum Gasteiger partial charge on any atom is -0.507 e. The molecule has 18 heavy (non-hydrogen) atoms. The molecule has 6 nitrogen and oxygen atoms in total. The molecule has 0 fully saturated rings. The highest BCUT2D eigenvalue weighted by atomic mass is 16.4. The Morgan fingerprint density at radius 2 is 2.06 bits per heavy atom. The maximum atomic E-state index is 11.6. The summed E-state index contributed by atoms with van der Waals surface area (Å²) < 4.78 is 0. The molecular weight excluding hydrogens is 236 g/mol. The molecule has 1 heterocycles. The number of hydrogen-bond donors (Lipinski definition) is 3. The van der Waals surface area contributed by atoms with Gasteiger partial charge in [-0.2, -0.15) is 0 Å². The van der Waals surface area contributed by atoms with Crippen LogP contribution in [0, 0.1) is 0 Å². The van der Waals surface area contributed by atoms with Gasteiger partial charge in [-0.3, -0.25) is 9.59 Å². The summed E-state index contributed by atoms with van der Waals surface area (Å²) in [5.41, 5.74) is -0.0659. The second-order valence-corrected chi connectivity index (χ2v) is 3.67. The Kier molecular flexibility index (Phi) is 3.09. The molecule has 0 radical (unpaired) electrons. The van der Waals surface area contributed by atoms with E-state index in [2.05, 4.69) is 9.97 Å². The van der Waals surface area contributed by atoms with Gasteiger partial charge >= 0.3 is 5.97 Å².